The molecule has 3 heterocycles. The van der Waals surface area contributed by atoms with Crippen molar-refractivity contribution in [1.82, 2.24) is 24.8 Å². The van der Waals surface area contributed by atoms with Gasteiger partial charge in [0.25, 0.3) is 0 Å². The molecule has 0 saturated carbocycles. The summed E-state index contributed by atoms with van der Waals surface area (Å²) in [7, 11) is 1.93. The zero-order valence-electron chi connectivity index (χ0n) is 14.6. The van der Waals surface area contributed by atoms with E-state index in [1.165, 1.54) is 0 Å². The quantitative estimate of drug-likeness (QED) is 0.755. The molecule has 1 aliphatic rings. The summed E-state index contributed by atoms with van der Waals surface area (Å²) in [5.41, 5.74) is 2.63. The number of hydrogen-bond donors (Lipinski definition) is 2. The van der Waals surface area contributed by atoms with Crippen molar-refractivity contribution in [2.45, 2.75) is 18.9 Å². The summed E-state index contributed by atoms with van der Waals surface area (Å²) in [5, 5.41) is 5.97. The van der Waals surface area contributed by atoms with Crippen LogP contribution in [0.1, 0.15) is 12.8 Å². The van der Waals surface area contributed by atoms with Gasteiger partial charge < -0.3 is 20.1 Å². The summed E-state index contributed by atoms with van der Waals surface area (Å²) < 4.78 is 1.93. The van der Waals surface area contributed by atoms with Crippen molar-refractivity contribution in [3.63, 3.8) is 0 Å². The number of anilines is 2. The van der Waals surface area contributed by atoms with Gasteiger partial charge in [0.2, 0.25) is 5.95 Å². The third-order valence-corrected chi connectivity index (χ3v) is 4.57. The van der Waals surface area contributed by atoms with Crippen LogP contribution in [0.25, 0.3) is 11.0 Å². The number of imidazole rings is 1. The number of aromatic nitrogens is 4. The van der Waals surface area contributed by atoms with Gasteiger partial charge in [-0.15, -0.1) is 0 Å². The Balaban J connectivity index is 1.38. The molecule has 3 aromatic rings. The van der Waals surface area contributed by atoms with Gasteiger partial charge in [-0.2, -0.15) is 0 Å². The van der Waals surface area contributed by atoms with Crippen LogP contribution < -0.4 is 15.5 Å². The number of urea groups is 1. The first kappa shape index (κ1) is 16.3. The average molecular weight is 351 g/mol. The number of piperidine rings is 1. The van der Waals surface area contributed by atoms with E-state index in [4.69, 9.17) is 0 Å². The van der Waals surface area contributed by atoms with E-state index in [-0.39, 0.29) is 12.1 Å². The smallest absolute Gasteiger partial charge is 0.319 e. The Hall–Kier alpha value is -3.16. The number of carbonyl (C=O) groups is 1. The lowest BCUT2D eigenvalue weighted by atomic mass is 10.1. The molecule has 1 aliphatic heterocycles. The van der Waals surface area contributed by atoms with E-state index >= 15 is 0 Å². The molecule has 0 bridgehead atoms. The molecule has 1 unspecified atom stereocenters. The number of aryl methyl sites for hydroxylation is 1. The number of carbonyl (C=O) groups excluding carboxylic acids is 1. The van der Waals surface area contributed by atoms with Crippen LogP contribution in [0.2, 0.25) is 0 Å². The lowest BCUT2D eigenvalue weighted by molar-refractivity contribution is 0.246. The van der Waals surface area contributed by atoms with Crippen molar-refractivity contribution in [2.75, 3.05) is 23.3 Å². The second-order valence-electron chi connectivity index (χ2n) is 6.49. The number of nitrogens with one attached hydrogen (secondary N) is 2. The van der Waals surface area contributed by atoms with Crippen molar-refractivity contribution in [1.29, 1.82) is 0 Å². The first-order valence-corrected chi connectivity index (χ1v) is 8.69. The van der Waals surface area contributed by atoms with Crippen LogP contribution in [0.5, 0.6) is 0 Å². The highest BCUT2D eigenvalue weighted by molar-refractivity contribution is 5.92. The van der Waals surface area contributed by atoms with E-state index in [1.54, 1.807) is 24.8 Å². The number of hydrogen-bond acceptors (Lipinski definition) is 5. The highest BCUT2D eigenvalue weighted by Gasteiger charge is 2.23. The predicted molar refractivity (Wildman–Crippen MR) is 100 cm³/mol. The molecule has 1 saturated heterocycles. The molecule has 8 nitrogen and oxygen atoms in total. The number of rotatable bonds is 3. The van der Waals surface area contributed by atoms with E-state index in [0.29, 0.717) is 12.5 Å². The highest BCUT2D eigenvalue weighted by atomic mass is 16.2. The molecule has 0 aliphatic carbocycles. The van der Waals surface area contributed by atoms with Crippen molar-refractivity contribution in [3.8, 4) is 0 Å². The number of fused-ring (bicyclic) bond motifs is 1. The first-order chi connectivity index (χ1) is 12.7. The van der Waals surface area contributed by atoms with Crippen LogP contribution in [0.3, 0.4) is 0 Å². The third kappa shape index (κ3) is 3.44. The summed E-state index contributed by atoms with van der Waals surface area (Å²) in [6.45, 7) is 1.61. The minimum absolute atomic E-state index is 0.0630. The Morgan fingerprint density at radius 3 is 2.92 bits per heavy atom. The molecule has 2 N–H and O–H groups in total. The van der Waals surface area contributed by atoms with Gasteiger partial charge in [0.1, 0.15) is 0 Å². The topological polar surface area (TPSA) is 88.0 Å². The van der Waals surface area contributed by atoms with Gasteiger partial charge in [0.15, 0.2) is 0 Å². The molecule has 134 valence electrons. The van der Waals surface area contributed by atoms with E-state index in [2.05, 4.69) is 30.5 Å². The van der Waals surface area contributed by atoms with Crippen molar-refractivity contribution < 1.29 is 4.79 Å². The number of amides is 2. The van der Waals surface area contributed by atoms with Gasteiger partial charge in [-0.25, -0.2) is 19.7 Å². The van der Waals surface area contributed by atoms with Crippen molar-refractivity contribution in [3.05, 3.63) is 43.0 Å². The van der Waals surface area contributed by atoms with Gasteiger partial charge in [-0.1, -0.05) is 0 Å². The largest absolute Gasteiger partial charge is 0.339 e. The maximum Gasteiger partial charge on any atom is 0.319 e. The van der Waals surface area contributed by atoms with Crippen LogP contribution in [0, 0.1) is 0 Å². The molecule has 0 radical (unpaired) electrons. The van der Waals surface area contributed by atoms with Crippen LogP contribution in [0.15, 0.2) is 43.0 Å². The Kier molecular flexibility index (Phi) is 4.39. The fourth-order valence-electron chi connectivity index (χ4n) is 3.29. The maximum atomic E-state index is 12.4. The van der Waals surface area contributed by atoms with E-state index in [0.717, 1.165) is 36.1 Å². The molecule has 1 fully saturated rings. The fraction of sp³-hybridized carbons (Fsp3) is 0.333. The van der Waals surface area contributed by atoms with Gasteiger partial charge in [0.05, 0.1) is 17.4 Å². The van der Waals surface area contributed by atoms with Crippen molar-refractivity contribution in [2.24, 2.45) is 7.05 Å². The molecular formula is C18H21N7O. The molecule has 8 heteroatoms. The van der Waals surface area contributed by atoms with Crippen LogP contribution in [0.4, 0.5) is 16.4 Å². The zero-order valence-corrected chi connectivity index (χ0v) is 14.6. The highest BCUT2D eigenvalue weighted by Crippen LogP contribution is 2.18. The summed E-state index contributed by atoms with van der Waals surface area (Å²) >= 11 is 0. The lowest BCUT2D eigenvalue weighted by Gasteiger charge is -2.33. The Labute approximate surface area is 151 Å². The summed E-state index contributed by atoms with van der Waals surface area (Å²) in [4.78, 5) is 27.4. The normalized spacial score (nSPS) is 17.3. The fourth-order valence-corrected chi connectivity index (χ4v) is 3.29. The molecule has 2 amide bonds. The maximum absolute atomic E-state index is 12.4. The Morgan fingerprint density at radius 1 is 1.23 bits per heavy atom. The monoisotopic (exact) mass is 351 g/mol. The first-order valence-electron chi connectivity index (χ1n) is 8.69. The molecule has 4 rings (SSSR count). The molecular weight excluding hydrogens is 330 g/mol. The second kappa shape index (κ2) is 6.99. The third-order valence-electron chi connectivity index (χ3n) is 4.57. The molecule has 26 heavy (non-hydrogen) atoms. The zero-order chi connectivity index (χ0) is 17.9. The van der Waals surface area contributed by atoms with Gasteiger partial charge in [0, 0.05) is 44.3 Å². The Morgan fingerprint density at radius 2 is 2.08 bits per heavy atom. The van der Waals surface area contributed by atoms with E-state index < -0.39 is 0 Å². The van der Waals surface area contributed by atoms with Crippen LogP contribution >= 0.6 is 0 Å². The number of nitrogens with zero attached hydrogens (tertiary/aromatic N) is 5. The summed E-state index contributed by atoms with van der Waals surface area (Å²) in [5.74, 6) is 0.709. The van der Waals surface area contributed by atoms with Gasteiger partial charge in [-0.3, -0.25) is 0 Å². The minimum Gasteiger partial charge on any atom is -0.339 e. The van der Waals surface area contributed by atoms with E-state index in [9.17, 15) is 4.79 Å². The van der Waals surface area contributed by atoms with Crippen molar-refractivity contribution >= 4 is 28.7 Å². The molecule has 1 atom stereocenters. The Bertz CT molecular complexity index is 908. The average Bonchev–Trinajstić information content (AvgIpc) is 3.03. The summed E-state index contributed by atoms with van der Waals surface area (Å²) in [6, 6.07) is 7.35. The SMILES string of the molecule is Cn1cnc2ccc(NC(=O)NC3CCCN(c4ncccn4)C3)cc21. The lowest BCUT2D eigenvalue weighted by Crippen LogP contribution is -2.49. The van der Waals surface area contributed by atoms with Crippen LogP contribution in [-0.4, -0.2) is 44.7 Å². The molecule has 0 spiro atoms. The molecule has 1 aromatic carbocycles. The summed E-state index contributed by atoms with van der Waals surface area (Å²) in [6.07, 6.45) is 7.17. The standard InChI is InChI=1S/C18H21N7O/c1-24-12-21-15-6-5-13(10-16(15)24)22-18(26)23-14-4-2-9-25(11-14)17-19-7-3-8-20-17/h3,5-8,10,12,14H,2,4,9,11H2,1H3,(H2,22,23,26). The van der Waals surface area contributed by atoms with Gasteiger partial charge >= 0.3 is 6.03 Å². The van der Waals surface area contributed by atoms with Crippen LogP contribution in [-0.2, 0) is 7.05 Å². The predicted octanol–water partition coefficient (Wildman–Crippen LogP) is 2.15. The van der Waals surface area contributed by atoms with Gasteiger partial charge in [-0.05, 0) is 37.1 Å². The van der Waals surface area contributed by atoms with E-state index in [1.807, 2.05) is 29.8 Å². The minimum atomic E-state index is -0.202. The number of benzene rings is 1. The molecule has 2 aromatic heterocycles. The second-order valence-corrected chi connectivity index (χ2v) is 6.49.